The highest BCUT2D eigenvalue weighted by atomic mass is 16.1. The number of hydrogen-bond donors (Lipinski definition) is 2. The van der Waals surface area contributed by atoms with E-state index in [9.17, 15) is 4.79 Å². The molecule has 1 amide bonds. The maximum absolute atomic E-state index is 11.7. The Morgan fingerprint density at radius 2 is 2.05 bits per heavy atom. The average Bonchev–Trinajstić information content (AvgIpc) is 2.36. The molecule has 0 aliphatic carbocycles. The van der Waals surface area contributed by atoms with E-state index in [4.69, 9.17) is 5.73 Å². The summed E-state index contributed by atoms with van der Waals surface area (Å²) in [6, 6.07) is 0. The fourth-order valence-electron chi connectivity index (χ4n) is 1.76. The van der Waals surface area contributed by atoms with Crippen molar-refractivity contribution in [3.05, 3.63) is 23.8 Å². The van der Waals surface area contributed by atoms with Crippen LogP contribution in [0.25, 0.3) is 0 Å². The van der Waals surface area contributed by atoms with Crippen molar-refractivity contribution in [2.24, 2.45) is 11.1 Å². The number of rotatable bonds is 7. The number of nitrogens with two attached hydrogens (primary N) is 1. The summed E-state index contributed by atoms with van der Waals surface area (Å²) in [6.45, 7) is 7.25. The van der Waals surface area contributed by atoms with Gasteiger partial charge in [-0.15, -0.1) is 0 Å². The lowest BCUT2D eigenvalue weighted by molar-refractivity contribution is -0.121. The van der Waals surface area contributed by atoms with Crippen LogP contribution in [-0.4, -0.2) is 22.4 Å². The zero-order valence-corrected chi connectivity index (χ0v) is 12.1. The summed E-state index contributed by atoms with van der Waals surface area (Å²) >= 11 is 0. The van der Waals surface area contributed by atoms with E-state index in [0.29, 0.717) is 19.5 Å². The minimum Gasteiger partial charge on any atom is -0.350 e. The van der Waals surface area contributed by atoms with E-state index in [2.05, 4.69) is 29.1 Å². The van der Waals surface area contributed by atoms with Gasteiger partial charge in [0, 0.05) is 12.6 Å². The third kappa shape index (κ3) is 6.29. The lowest BCUT2D eigenvalue weighted by Crippen LogP contribution is -2.26. The smallest absolute Gasteiger partial charge is 0.220 e. The van der Waals surface area contributed by atoms with Crippen LogP contribution in [0, 0.1) is 12.3 Å². The van der Waals surface area contributed by atoms with Crippen LogP contribution in [-0.2, 0) is 11.3 Å². The zero-order valence-electron chi connectivity index (χ0n) is 12.1. The second kappa shape index (κ2) is 7.19. The van der Waals surface area contributed by atoms with Gasteiger partial charge in [0.15, 0.2) is 0 Å². The van der Waals surface area contributed by atoms with Crippen LogP contribution in [0.15, 0.2) is 12.4 Å². The van der Waals surface area contributed by atoms with Gasteiger partial charge >= 0.3 is 0 Å². The zero-order chi connectivity index (χ0) is 14.3. The Hall–Kier alpha value is -1.49. The van der Waals surface area contributed by atoms with Gasteiger partial charge in [0.05, 0.1) is 24.1 Å². The highest BCUT2D eigenvalue weighted by molar-refractivity contribution is 5.75. The third-order valence-corrected chi connectivity index (χ3v) is 3.15. The van der Waals surface area contributed by atoms with Crippen molar-refractivity contribution in [3.63, 3.8) is 0 Å². The number of hydrogen-bond acceptors (Lipinski definition) is 4. The molecule has 1 aromatic rings. The van der Waals surface area contributed by atoms with Gasteiger partial charge in [0.2, 0.25) is 5.91 Å². The highest BCUT2D eigenvalue weighted by Gasteiger charge is 2.18. The summed E-state index contributed by atoms with van der Waals surface area (Å²) < 4.78 is 0. The topological polar surface area (TPSA) is 80.9 Å². The van der Waals surface area contributed by atoms with Gasteiger partial charge in [-0.25, -0.2) is 0 Å². The summed E-state index contributed by atoms with van der Waals surface area (Å²) in [5, 5.41) is 2.86. The summed E-state index contributed by atoms with van der Waals surface area (Å²) in [4.78, 5) is 20.1. The van der Waals surface area contributed by atoms with Crippen molar-refractivity contribution in [3.8, 4) is 0 Å². The van der Waals surface area contributed by atoms with Gasteiger partial charge in [0.25, 0.3) is 0 Å². The molecule has 0 unspecified atom stereocenters. The van der Waals surface area contributed by atoms with Crippen molar-refractivity contribution < 1.29 is 4.79 Å². The summed E-state index contributed by atoms with van der Waals surface area (Å²) in [5.74, 6) is 0.0486. The molecule has 5 heteroatoms. The first-order valence-corrected chi connectivity index (χ1v) is 6.67. The monoisotopic (exact) mass is 264 g/mol. The van der Waals surface area contributed by atoms with Crippen LogP contribution >= 0.6 is 0 Å². The fourth-order valence-corrected chi connectivity index (χ4v) is 1.76. The fraction of sp³-hybridized carbons (Fsp3) is 0.643. The van der Waals surface area contributed by atoms with Gasteiger partial charge in [0.1, 0.15) is 0 Å². The molecule has 0 aromatic carbocycles. The molecule has 19 heavy (non-hydrogen) atoms. The number of carbonyl (C=O) groups excluding carboxylic acids is 1. The Bertz CT molecular complexity index is 400. The highest BCUT2D eigenvalue weighted by Crippen LogP contribution is 2.25. The molecule has 0 saturated heterocycles. The maximum atomic E-state index is 11.7. The van der Waals surface area contributed by atoms with E-state index < -0.39 is 0 Å². The van der Waals surface area contributed by atoms with Crippen molar-refractivity contribution in [2.45, 2.75) is 46.6 Å². The van der Waals surface area contributed by atoms with Gasteiger partial charge in [-0.1, -0.05) is 13.8 Å². The normalized spacial score (nSPS) is 11.4. The second-order valence-electron chi connectivity index (χ2n) is 5.63. The Labute approximate surface area is 115 Å². The Morgan fingerprint density at radius 1 is 1.32 bits per heavy atom. The molecule has 0 radical (unpaired) electrons. The number of aryl methyl sites for hydroxylation is 1. The SMILES string of the molecule is Cc1cnc(CNC(=O)CCC(C)(C)CCN)cn1. The van der Waals surface area contributed by atoms with E-state index in [0.717, 1.165) is 24.2 Å². The van der Waals surface area contributed by atoms with E-state index in [1.807, 2.05) is 6.92 Å². The molecule has 0 aliphatic rings. The molecule has 1 heterocycles. The quantitative estimate of drug-likeness (QED) is 0.783. The molecular weight excluding hydrogens is 240 g/mol. The van der Waals surface area contributed by atoms with Crippen molar-refractivity contribution in [1.29, 1.82) is 0 Å². The first-order valence-electron chi connectivity index (χ1n) is 6.67. The van der Waals surface area contributed by atoms with Gasteiger partial charge in [-0.05, 0) is 31.7 Å². The number of carbonyl (C=O) groups is 1. The Kier molecular flexibility index (Phi) is 5.89. The minimum absolute atomic E-state index is 0.0486. The first-order chi connectivity index (χ1) is 8.93. The molecule has 0 saturated carbocycles. The van der Waals surface area contributed by atoms with E-state index >= 15 is 0 Å². The average molecular weight is 264 g/mol. The number of nitrogens with one attached hydrogen (secondary N) is 1. The Balaban J connectivity index is 2.30. The van der Waals surface area contributed by atoms with Crippen LogP contribution in [0.5, 0.6) is 0 Å². The number of amides is 1. The molecule has 106 valence electrons. The van der Waals surface area contributed by atoms with E-state index in [1.54, 1.807) is 12.4 Å². The van der Waals surface area contributed by atoms with Crippen LogP contribution in [0.2, 0.25) is 0 Å². The van der Waals surface area contributed by atoms with Crippen LogP contribution in [0.3, 0.4) is 0 Å². The number of nitrogens with zero attached hydrogens (tertiary/aromatic N) is 2. The largest absolute Gasteiger partial charge is 0.350 e. The number of aromatic nitrogens is 2. The molecular formula is C14H24N4O. The predicted molar refractivity (Wildman–Crippen MR) is 75.3 cm³/mol. The van der Waals surface area contributed by atoms with Gasteiger partial charge < -0.3 is 11.1 Å². The lowest BCUT2D eigenvalue weighted by atomic mass is 9.84. The Morgan fingerprint density at radius 3 is 2.63 bits per heavy atom. The van der Waals surface area contributed by atoms with Gasteiger partial charge in [-0.3, -0.25) is 14.8 Å². The third-order valence-electron chi connectivity index (χ3n) is 3.15. The molecule has 0 spiro atoms. The molecule has 0 fully saturated rings. The van der Waals surface area contributed by atoms with E-state index in [1.165, 1.54) is 0 Å². The molecule has 3 N–H and O–H groups in total. The van der Waals surface area contributed by atoms with Gasteiger partial charge in [-0.2, -0.15) is 0 Å². The molecule has 5 nitrogen and oxygen atoms in total. The van der Waals surface area contributed by atoms with Crippen LogP contribution in [0.4, 0.5) is 0 Å². The van der Waals surface area contributed by atoms with E-state index in [-0.39, 0.29) is 11.3 Å². The molecule has 0 atom stereocenters. The lowest BCUT2D eigenvalue weighted by Gasteiger charge is -2.23. The van der Waals surface area contributed by atoms with Crippen molar-refractivity contribution >= 4 is 5.91 Å². The summed E-state index contributed by atoms with van der Waals surface area (Å²) in [6.07, 6.45) is 5.69. The molecule has 1 rings (SSSR count). The second-order valence-corrected chi connectivity index (χ2v) is 5.63. The maximum Gasteiger partial charge on any atom is 0.220 e. The summed E-state index contributed by atoms with van der Waals surface area (Å²) in [5.41, 5.74) is 7.32. The molecule has 0 bridgehead atoms. The van der Waals surface area contributed by atoms with Crippen molar-refractivity contribution in [1.82, 2.24) is 15.3 Å². The first kappa shape index (κ1) is 15.6. The predicted octanol–water partition coefficient (Wildman–Crippen LogP) is 1.56. The molecule has 1 aromatic heterocycles. The minimum atomic E-state index is 0.0486. The van der Waals surface area contributed by atoms with Crippen molar-refractivity contribution in [2.75, 3.05) is 6.54 Å². The van der Waals surface area contributed by atoms with Crippen LogP contribution < -0.4 is 11.1 Å². The molecule has 0 aliphatic heterocycles. The standard InChI is InChI=1S/C14H24N4O/c1-11-8-17-12(9-16-11)10-18-13(19)4-5-14(2,3)6-7-15/h8-9H,4-7,10,15H2,1-3H3,(H,18,19). The summed E-state index contributed by atoms with van der Waals surface area (Å²) in [7, 11) is 0. The van der Waals surface area contributed by atoms with Crippen LogP contribution in [0.1, 0.15) is 44.5 Å².